The van der Waals surface area contributed by atoms with E-state index in [-0.39, 0.29) is 12.6 Å². The lowest BCUT2D eigenvalue weighted by atomic mass is 10.1. The second-order valence-electron chi connectivity index (χ2n) is 8.30. The highest BCUT2D eigenvalue weighted by Crippen LogP contribution is 2.39. The van der Waals surface area contributed by atoms with Crippen LogP contribution in [0.3, 0.4) is 0 Å². The highest BCUT2D eigenvalue weighted by Gasteiger charge is 2.51. The van der Waals surface area contributed by atoms with Crippen molar-refractivity contribution < 1.29 is 27.6 Å². The van der Waals surface area contributed by atoms with Crippen molar-refractivity contribution in [3.05, 3.63) is 48.0 Å². The summed E-state index contributed by atoms with van der Waals surface area (Å²) in [7, 11) is -2.28. The SMILES string of the molecule is CN(c1ncnc2c1ncn2C1(O)CO[C@H](COS(N)(=O)=O)[C@H]1O)[C@H]1CCc2ccccc21. The van der Waals surface area contributed by atoms with Crippen LogP contribution in [0.5, 0.6) is 0 Å². The Kier molecular flexibility index (Phi) is 5.34. The van der Waals surface area contributed by atoms with E-state index in [1.807, 2.05) is 24.1 Å². The Hall–Kier alpha value is -2.68. The van der Waals surface area contributed by atoms with Gasteiger partial charge in [-0.1, -0.05) is 24.3 Å². The summed E-state index contributed by atoms with van der Waals surface area (Å²) >= 11 is 0. The number of hydrogen-bond donors (Lipinski definition) is 3. The molecule has 0 amide bonds. The molecule has 1 unspecified atom stereocenters. The Balaban J connectivity index is 1.46. The van der Waals surface area contributed by atoms with Gasteiger partial charge in [-0.3, -0.25) is 8.75 Å². The Morgan fingerprint density at radius 3 is 2.91 bits per heavy atom. The third-order valence-corrected chi connectivity index (χ3v) is 6.83. The van der Waals surface area contributed by atoms with Gasteiger partial charge >= 0.3 is 10.3 Å². The summed E-state index contributed by atoms with van der Waals surface area (Å²) in [6, 6.07) is 8.40. The molecule has 1 aliphatic carbocycles. The first-order valence-corrected chi connectivity index (χ1v) is 11.8. The van der Waals surface area contributed by atoms with E-state index in [1.165, 1.54) is 28.3 Å². The summed E-state index contributed by atoms with van der Waals surface area (Å²) in [5.41, 5.74) is 1.36. The smallest absolute Gasteiger partial charge is 0.333 e. The Labute approximate surface area is 189 Å². The molecule has 1 fully saturated rings. The number of aryl methyl sites for hydroxylation is 1. The van der Waals surface area contributed by atoms with E-state index in [0.717, 1.165) is 12.8 Å². The molecule has 0 radical (unpaired) electrons. The maximum absolute atomic E-state index is 11.2. The number of ether oxygens (including phenoxy) is 1. The first-order chi connectivity index (χ1) is 15.7. The van der Waals surface area contributed by atoms with Crippen molar-refractivity contribution in [2.75, 3.05) is 25.2 Å². The van der Waals surface area contributed by atoms with Crippen LogP contribution in [0.1, 0.15) is 23.6 Å². The topological polar surface area (TPSA) is 166 Å². The van der Waals surface area contributed by atoms with Gasteiger partial charge in [-0.2, -0.15) is 8.42 Å². The Morgan fingerprint density at radius 2 is 2.12 bits per heavy atom. The van der Waals surface area contributed by atoms with Crippen molar-refractivity contribution in [3.8, 4) is 0 Å². The van der Waals surface area contributed by atoms with Gasteiger partial charge in [0.25, 0.3) is 0 Å². The minimum Gasteiger partial charge on any atom is -0.385 e. The highest BCUT2D eigenvalue weighted by molar-refractivity contribution is 7.84. The van der Waals surface area contributed by atoms with Crippen LogP contribution in [0.4, 0.5) is 5.82 Å². The number of nitrogens with zero attached hydrogens (tertiary/aromatic N) is 5. The van der Waals surface area contributed by atoms with Crippen LogP contribution in [-0.4, -0.2) is 70.6 Å². The molecule has 13 heteroatoms. The first-order valence-electron chi connectivity index (χ1n) is 10.4. The second kappa shape index (κ2) is 7.97. The summed E-state index contributed by atoms with van der Waals surface area (Å²) in [6.45, 7) is -0.873. The van der Waals surface area contributed by atoms with E-state index in [2.05, 4.69) is 31.3 Å². The fourth-order valence-electron chi connectivity index (χ4n) is 4.67. The first kappa shape index (κ1) is 22.1. The number of aliphatic hydroxyl groups excluding tert-OH is 1. The zero-order valence-electron chi connectivity index (χ0n) is 17.8. The molecule has 5 rings (SSSR count). The average molecular weight is 477 g/mol. The van der Waals surface area contributed by atoms with Gasteiger partial charge in [0.2, 0.25) is 0 Å². The minimum atomic E-state index is -4.22. The van der Waals surface area contributed by atoms with E-state index in [4.69, 9.17) is 9.88 Å². The Bertz CT molecular complexity index is 1300. The largest absolute Gasteiger partial charge is 0.385 e. The van der Waals surface area contributed by atoms with Crippen LogP contribution in [-0.2, 0) is 31.4 Å². The molecule has 3 aromatic rings. The molecule has 1 saturated heterocycles. The van der Waals surface area contributed by atoms with E-state index >= 15 is 0 Å². The number of fused-ring (bicyclic) bond motifs is 2. The van der Waals surface area contributed by atoms with Crippen LogP contribution in [0.15, 0.2) is 36.9 Å². The molecule has 4 atom stereocenters. The lowest BCUT2D eigenvalue weighted by molar-refractivity contribution is -0.109. The lowest BCUT2D eigenvalue weighted by Crippen LogP contribution is -2.47. The molecule has 4 N–H and O–H groups in total. The number of imidazole rings is 1. The monoisotopic (exact) mass is 476 g/mol. The Morgan fingerprint density at radius 1 is 1.33 bits per heavy atom. The predicted octanol–water partition coefficient (Wildman–Crippen LogP) is -0.425. The number of nitrogens with two attached hydrogens (primary N) is 1. The maximum atomic E-state index is 11.2. The number of aromatic nitrogens is 4. The van der Waals surface area contributed by atoms with Crippen molar-refractivity contribution >= 4 is 27.3 Å². The average Bonchev–Trinajstić information content (AvgIpc) is 3.48. The van der Waals surface area contributed by atoms with Gasteiger partial charge < -0.3 is 19.8 Å². The predicted molar refractivity (Wildman–Crippen MR) is 116 cm³/mol. The van der Waals surface area contributed by atoms with E-state index in [9.17, 15) is 18.6 Å². The number of anilines is 1. The van der Waals surface area contributed by atoms with E-state index in [1.54, 1.807) is 0 Å². The van der Waals surface area contributed by atoms with Gasteiger partial charge in [-0.15, -0.1) is 0 Å². The van der Waals surface area contributed by atoms with Crippen LogP contribution >= 0.6 is 0 Å². The summed E-state index contributed by atoms with van der Waals surface area (Å²) in [5, 5.41) is 26.8. The van der Waals surface area contributed by atoms with Crippen molar-refractivity contribution in [2.45, 2.75) is 36.8 Å². The molecular formula is C20H24N6O6S. The van der Waals surface area contributed by atoms with E-state index < -0.39 is 34.8 Å². The molecule has 12 nitrogen and oxygen atoms in total. The van der Waals surface area contributed by atoms with Gasteiger partial charge in [-0.05, 0) is 24.0 Å². The normalized spacial score (nSPS) is 27.2. The summed E-state index contributed by atoms with van der Waals surface area (Å²) < 4.78 is 33.4. The third kappa shape index (κ3) is 3.76. The van der Waals surface area contributed by atoms with Crippen molar-refractivity contribution in [1.29, 1.82) is 0 Å². The van der Waals surface area contributed by atoms with Gasteiger partial charge in [0.1, 0.15) is 18.5 Å². The number of aliphatic hydroxyl groups is 2. The summed E-state index contributed by atoms with van der Waals surface area (Å²) in [4.78, 5) is 15.2. The van der Waals surface area contributed by atoms with Crippen molar-refractivity contribution in [2.24, 2.45) is 5.14 Å². The van der Waals surface area contributed by atoms with Gasteiger partial charge in [0, 0.05) is 7.05 Å². The number of rotatable bonds is 6. The molecule has 33 heavy (non-hydrogen) atoms. The van der Waals surface area contributed by atoms with Crippen LogP contribution < -0.4 is 10.0 Å². The molecule has 1 aliphatic heterocycles. The standard InChI is InChI=1S/C20H24N6O6S/c1-25(14-7-6-12-4-2-3-5-13(12)14)18-16-19(23-10-22-18)26(11-24-16)20(28)9-31-15(17(20)27)8-32-33(21,29)30/h2-5,10-11,14-15,17,27-28H,6-9H2,1H3,(H2,21,29,30)/t14-,15+,17+,20?/m0/s1. The van der Waals surface area contributed by atoms with Gasteiger partial charge in [-0.25, -0.2) is 20.1 Å². The van der Waals surface area contributed by atoms with Crippen molar-refractivity contribution in [1.82, 2.24) is 19.5 Å². The molecule has 2 aromatic heterocycles. The lowest BCUT2D eigenvalue weighted by Gasteiger charge is -2.28. The molecule has 0 spiro atoms. The molecule has 0 bridgehead atoms. The second-order valence-corrected chi connectivity index (χ2v) is 9.52. The third-order valence-electron chi connectivity index (χ3n) is 6.37. The molecule has 176 valence electrons. The van der Waals surface area contributed by atoms with Crippen LogP contribution in [0, 0.1) is 0 Å². The summed E-state index contributed by atoms with van der Waals surface area (Å²) in [6.07, 6.45) is 2.00. The summed E-state index contributed by atoms with van der Waals surface area (Å²) in [5.74, 6) is 0.589. The maximum Gasteiger partial charge on any atom is 0.333 e. The minimum absolute atomic E-state index is 0.118. The van der Waals surface area contributed by atoms with E-state index in [0.29, 0.717) is 17.0 Å². The quantitative estimate of drug-likeness (QED) is 0.425. The molecule has 1 aromatic carbocycles. The molecule has 3 heterocycles. The van der Waals surface area contributed by atoms with Crippen LogP contribution in [0.2, 0.25) is 0 Å². The fourth-order valence-corrected chi connectivity index (χ4v) is 4.99. The van der Waals surface area contributed by atoms with Crippen LogP contribution in [0.25, 0.3) is 11.2 Å². The number of benzene rings is 1. The zero-order valence-corrected chi connectivity index (χ0v) is 18.6. The van der Waals surface area contributed by atoms with Gasteiger partial charge in [0.15, 0.2) is 22.7 Å². The fraction of sp³-hybridized carbons (Fsp3) is 0.450. The van der Waals surface area contributed by atoms with Gasteiger partial charge in [0.05, 0.1) is 25.6 Å². The zero-order chi connectivity index (χ0) is 23.4. The highest BCUT2D eigenvalue weighted by atomic mass is 32.2. The molecule has 0 saturated carbocycles. The van der Waals surface area contributed by atoms with Crippen molar-refractivity contribution in [3.63, 3.8) is 0 Å². The molecule has 2 aliphatic rings. The number of hydrogen-bond acceptors (Lipinski definition) is 10. The molecular weight excluding hydrogens is 452 g/mol.